The Balaban J connectivity index is 1.92. The van der Waals surface area contributed by atoms with E-state index < -0.39 is 0 Å². The number of aromatic nitrogens is 2. The third-order valence-corrected chi connectivity index (χ3v) is 3.47. The highest BCUT2D eigenvalue weighted by molar-refractivity contribution is 6.30. The summed E-state index contributed by atoms with van der Waals surface area (Å²) in [6.45, 7) is 1.13. The van der Waals surface area contributed by atoms with Crippen molar-refractivity contribution in [3.8, 4) is 0 Å². The summed E-state index contributed by atoms with van der Waals surface area (Å²) in [5, 5.41) is 7.51. The molecule has 23 heavy (non-hydrogen) atoms. The number of hydrogen-bond donors (Lipinski definition) is 1. The molecular formula is C16H18ClN3O3. The van der Waals surface area contributed by atoms with Crippen molar-refractivity contribution in [2.45, 2.75) is 13.0 Å². The molecule has 0 aliphatic rings. The predicted molar refractivity (Wildman–Crippen MR) is 87.9 cm³/mol. The molecule has 2 rings (SSSR count). The number of benzene rings is 1. The number of nitrogens with zero attached hydrogens (tertiary/aromatic N) is 2. The summed E-state index contributed by atoms with van der Waals surface area (Å²) in [5.74, 6) is -0.315. The lowest BCUT2D eigenvalue weighted by atomic mass is 10.1. The molecule has 1 aromatic carbocycles. The van der Waals surface area contributed by atoms with Gasteiger partial charge in [0, 0.05) is 24.7 Å². The first kappa shape index (κ1) is 17.2. The number of amides is 1. The maximum absolute atomic E-state index is 12.1. The summed E-state index contributed by atoms with van der Waals surface area (Å²) in [6.07, 6.45) is 0.687. The molecule has 2 aromatic rings. The van der Waals surface area contributed by atoms with E-state index in [0.29, 0.717) is 31.1 Å². The summed E-state index contributed by atoms with van der Waals surface area (Å²) in [5.41, 5.74) is 1.02. The summed E-state index contributed by atoms with van der Waals surface area (Å²) in [7, 11) is 1.54. The van der Waals surface area contributed by atoms with Crippen LogP contribution in [0.4, 0.5) is 0 Å². The molecule has 0 aliphatic heterocycles. The van der Waals surface area contributed by atoms with Gasteiger partial charge in [-0.2, -0.15) is 5.10 Å². The molecule has 0 spiro atoms. The van der Waals surface area contributed by atoms with Crippen molar-refractivity contribution >= 4 is 17.5 Å². The van der Waals surface area contributed by atoms with Crippen molar-refractivity contribution in [1.29, 1.82) is 0 Å². The Hall–Kier alpha value is -2.18. The van der Waals surface area contributed by atoms with E-state index in [2.05, 4.69) is 10.4 Å². The number of nitrogens with one attached hydrogen (secondary N) is 1. The molecule has 1 amide bonds. The molecule has 0 bridgehead atoms. The summed E-state index contributed by atoms with van der Waals surface area (Å²) in [6, 6.07) is 10.2. The van der Waals surface area contributed by atoms with Gasteiger partial charge < -0.3 is 10.1 Å². The monoisotopic (exact) mass is 335 g/mol. The fourth-order valence-corrected chi connectivity index (χ4v) is 2.10. The molecule has 0 saturated heterocycles. The highest BCUT2D eigenvalue weighted by Crippen LogP contribution is 2.09. The molecule has 0 atom stereocenters. The molecule has 0 saturated carbocycles. The number of methoxy groups -OCH3 is 1. The molecule has 7 heteroatoms. The van der Waals surface area contributed by atoms with Crippen LogP contribution < -0.4 is 10.9 Å². The van der Waals surface area contributed by atoms with E-state index in [1.807, 2.05) is 24.3 Å². The molecular weight excluding hydrogens is 318 g/mol. The fraction of sp³-hybridized carbons (Fsp3) is 0.312. The van der Waals surface area contributed by atoms with E-state index in [0.717, 1.165) is 5.56 Å². The summed E-state index contributed by atoms with van der Waals surface area (Å²) in [4.78, 5) is 23.7. The van der Waals surface area contributed by atoms with Crippen LogP contribution >= 0.6 is 11.6 Å². The van der Waals surface area contributed by atoms with Crippen LogP contribution in [-0.4, -0.2) is 35.9 Å². The van der Waals surface area contributed by atoms with E-state index in [1.54, 1.807) is 7.11 Å². The lowest BCUT2D eigenvalue weighted by Gasteiger charge is -2.07. The third kappa shape index (κ3) is 5.19. The van der Waals surface area contributed by atoms with Gasteiger partial charge in [0.25, 0.3) is 11.5 Å². The second-order valence-corrected chi connectivity index (χ2v) is 5.34. The number of carbonyl (C=O) groups is 1. The Morgan fingerprint density at radius 1 is 1.26 bits per heavy atom. The van der Waals surface area contributed by atoms with Gasteiger partial charge in [-0.15, -0.1) is 0 Å². The molecule has 0 radical (unpaired) electrons. The second kappa shape index (κ2) is 8.45. The molecule has 0 unspecified atom stereocenters. The number of rotatable bonds is 7. The van der Waals surface area contributed by atoms with Crippen LogP contribution in [0.3, 0.4) is 0 Å². The van der Waals surface area contributed by atoms with E-state index in [1.165, 1.54) is 16.8 Å². The minimum atomic E-state index is -0.315. The highest BCUT2D eigenvalue weighted by atomic mass is 35.5. The van der Waals surface area contributed by atoms with Gasteiger partial charge in [-0.05, 0) is 30.2 Å². The topological polar surface area (TPSA) is 73.2 Å². The van der Waals surface area contributed by atoms with E-state index in [-0.39, 0.29) is 17.2 Å². The second-order valence-electron chi connectivity index (χ2n) is 4.91. The van der Waals surface area contributed by atoms with Crippen molar-refractivity contribution in [3.63, 3.8) is 0 Å². The first-order chi connectivity index (χ1) is 11.1. The standard InChI is InChI=1S/C16H18ClN3O3/c1-23-11-10-20-15(21)7-6-14(19-20)16(22)18-9-8-12-2-4-13(17)5-3-12/h2-7H,8-11H2,1H3,(H,18,22). The molecule has 1 N–H and O–H groups in total. The molecule has 6 nitrogen and oxygen atoms in total. The average molecular weight is 336 g/mol. The van der Waals surface area contributed by atoms with Gasteiger partial charge in [0.15, 0.2) is 0 Å². The number of carbonyl (C=O) groups excluding carboxylic acids is 1. The first-order valence-electron chi connectivity index (χ1n) is 7.20. The molecule has 1 heterocycles. The van der Waals surface area contributed by atoms with Gasteiger partial charge >= 0.3 is 0 Å². The first-order valence-corrected chi connectivity index (χ1v) is 7.57. The molecule has 0 aliphatic carbocycles. The lowest BCUT2D eigenvalue weighted by Crippen LogP contribution is -2.31. The largest absolute Gasteiger partial charge is 0.383 e. The molecule has 122 valence electrons. The Bertz CT molecular complexity index is 713. The number of hydrogen-bond acceptors (Lipinski definition) is 4. The Labute approximate surface area is 139 Å². The van der Waals surface area contributed by atoms with Gasteiger partial charge in [0.05, 0.1) is 13.2 Å². The van der Waals surface area contributed by atoms with E-state index >= 15 is 0 Å². The Morgan fingerprint density at radius 3 is 2.70 bits per heavy atom. The quantitative estimate of drug-likeness (QED) is 0.832. The zero-order valence-corrected chi connectivity index (χ0v) is 13.5. The number of ether oxygens (including phenoxy) is 1. The van der Waals surface area contributed by atoms with Gasteiger partial charge in [-0.1, -0.05) is 23.7 Å². The van der Waals surface area contributed by atoms with Gasteiger partial charge in [0.2, 0.25) is 0 Å². The molecule has 0 fully saturated rings. The van der Waals surface area contributed by atoms with Crippen LogP contribution in [0.1, 0.15) is 16.1 Å². The Kier molecular flexibility index (Phi) is 6.31. The minimum absolute atomic E-state index is 0.205. The van der Waals surface area contributed by atoms with E-state index in [4.69, 9.17) is 16.3 Å². The summed E-state index contributed by atoms with van der Waals surface area (Å²) < 4.78 is 6.13. The van der Waals surface area contributed by atoms with Crippen molar-refractivity contribution in [2.75, 3.05) is 20.3 Å². The van der Waals surface area contributed by atoms with Crippen molar-refractivity contribution in [1.82, 2.24) is 15.1 Å². The summed E-state index contributed by atoms with van der Waals surface area (Å²) >= 11 is 5.83. The third-order valence-electron chi connectivity index (χ3n) is 3.22. The van der Waals surface area contributed by atoms with E-state index in [9.17, 15) is 9.59 Å². The van der Waals surface area contributed by atoms with Gasteiger partial charge in [-0.3, -0.25) is 9.59 Å². The average Bonchev–Trinajstić information content (AvgIpc) is 2.56. The zero-order valence-electron chi connectivity index (χ0n) is 12.8. The van der Waals surface area contributed by atoms with Crippen LogP contribution in [0, 0.1) is 0 Å². The predicted octanol–water partition coefficient (Wildman–Crippen LogP) is 1.52. The SMILES string of the molecule is COCCn1nc(C(=O)NCCc2ccc(Cl)cc2)ccc1=O. The zero-order chi connectivity index (χ0) is 16.7. The maximum Gasteiger partial charge on any atom is 0.271 e. The van der Waals surface area contributed by atoms with Crippen molar-refractivity contribution in [2.24, 2.45) is 0 Å². The van der Waals surface area contributed by atoms with Gasteiger partial charge in [-0.25, -0.2) is 4.68 Å². The van der Waals surface area contributed by atoms with Crippen LogP contribution in [0.15, 0.2) is 41.2 Å². The highest BCUT2D eigenvalue weighted by Gasteiger charge is 2.09. The fourth-order valence-electron chi connectivity index (χ4n) is 1.97. The van der Waals surface area contributed by atoms with Crippen LogP contribution in [0.2, 0.25) is 5.02 Å². The van der Waals surface area contributed by atoms with Gasteiger partial charge in [0.1, 0.15) is 5.69 Å². The molecule has 1 aromatic heterocycles. The maximum atomic E-state index is 12.1. The van der Waals surface area contributed by atoms with Crippen LogP contribution in [0.5, 0.6) is 0 Å². The smallest absolute Gasteiger partial charge is 0.271 e. The van der Waals surface area contributed by atoms with Crippen molar-refractivity contribution in [3.05, 3.63) is 63.0 Å². The van der Waals surface area contributed by atoms with Crippen LogP contribution in [-0.2, 0) is 17.7 Å². The Morgan fingerprint density at radius 2 is 2.00 bits per heavy atom. The lowest BCUT2D eigenvalue weighted by molar-refractivity contribution is 0.0945. The minimum Gasteiger partial charge on any atom is -0.383 e. The normalized spacial score (nSPS) is 10.5. The van der Waals surface area contributed by atoms with Crippen molar-refractivity contribution < 1.29 is 9.53 Å². The van der Waals surface area contributed by atoms with Crippen LogP contribution in [0.25, 0.3) is 0 Å². The number of halogens is 1.